The summed E-state index contributed by atoms with van der Waals surface area (Å²) in [4.78, 5) is 6.57. The topological polar surface area (TPSA) is 36.4 Å². The number of hydrogen-bond donors (Lipinski definition) is 1. The van der Waals surface area contributed by atoms with Crippen molar-refractivity contribution in [3.8, 4) is 0 Å². The highest BCUT2D eigenvalue weighted by Gasteiger charge is 2.27. The Morgan fingerprint density at radius 2 is 2.12 bits per heavy atom. The fraction of sp³-hybridized carbons (Fsp3) is 0.583. The van der Waals surface area contributed by atoms with Crippen molar-refractivity contribution in [1.29, 1.82) is 0 Å². The van der Waals surface area contributed by atoms with Crippen LogP contribution in [0, 0.1) is 0 Å². The van der Waals surface area contributed by atoms with Crippen molar-refractivity contribution in [2.24, 2.45) is 0 Å². The standard InChI is InChI=1S/C12H17ClN2O/c1-12(16)5-7-15(8-6-12)9-10-3-2-4-11(13)14-10/h2-4,16H,5-9H2,1H3. The second kappa shape index (κ2) is 4.70. The van der Waals surface area contributed by atoms with E-state index in [4.69, 9.17) is 11.6 Å². The first-order valence-corrected chi connectivity index (χ1v) is 5.99. The summed E-state index contributed by atoms with van der Waals surface area (Å²) in [6.45, 7) is 4.56. The van der Waals surface area contributed by atoms with E-state index in [1.54, 1.807) is 6.07 Å². The summed E-state index contributed by atoms with van der Waals surface area (Å²) < 4.78 is 0. The van der Waals surface area contributed by atoms with Crippen LogP contribution in [0.5, 0.6) is 0 Å². The number of pyridine rings is 1. The van der Waals surface area contributed by atoms with Crippen LogP contribution < -0.4 is 0 Å². The molecule has 88 valence electrons. The van der Waals surface area contributed by atoms with Crippen molar-refractivity contribution in [2.45, 2.75) is 31.9 Å². The molecule has 1 fully saturated rings. The van der Waals surface area contributed by atoms with Gasteiger partial charge in [-0.05, 0) is 31.9 Å². The van der Waals surface area contributed by atoms with Gasteiger partial charge in [-0.3, -0.25) is 4.90 Å². The average Bonchev–Trinajstić information content (AvgIpc) is 2.21. The normalized spacial score (nSPS) is 20.9. The number of likely N-dealkylation sites (tertiary alicyclic amines) is 1. The predicted octanol–water partition coefficient (Wildman–Crippen LogP) is 2.08. The Bertz CT molecular complexity index is 358. The SMILES string of the molecule is CC1(O)CCN(Cc2cccc(Cl)n2)CC1. The Balaban J connectivity index is 1.92. The highest BCUT2D eigenvalue weighted by atomic mass is 35.5. The lowest BCUT2D eigenvalue weighted by Gasteiger charge is -2.35. The van der Waals surface area contributed by atoms with E-state index in [1.807, 2.05) is 19.1 Å². The molecule has 0 aromatic carbocycles. The first kappa shape index (κ1) is 11.8. The van der Waals surface area contributed by atoms with Crippen LogP contribution in [0.3, 0.4) is 0 Å². The molecule has 0 atom stereocenters. The zero-order valence-electron chi connectivity index (χ0n) is 9.49. The number of piperidine rings is 1. The summed E-state index contributed by atoms with van der Waals surface area (Å²) in [7, 11) is 0. The van der Waals surface area contributed by atoms with E-state index in [0.29, 0.717) is 5.15 Å². The van der Waals surface area contributed by atoms with Crippen LogP contribution in [-0.4, -0.2) is 33.7 Å². The molecule has 0 radical (unpaired) electrons. The van der Waals surface area contributed by atoms with Gasteiger partial charge in [0.2, 0.25) is 0 Å². The first-order chi connectivity index (χ1) is 7.55. The third-order valence-electron chi connectivity index (χ3n) is 3.09. The Morgan fingerprint density at radius 3 is 2.75 bits per heavy atom. The van der Waals surface area contributed by atoms with E-state index >= 15 is 0 Å². The minimum absolute atomic E-state index is 0.488. The van der Waals surface area contributed by atoms with Gasteiger partial charge in [-0.1, -0.05) is 17.7 Å². The number of aliphatic hydroxyl groups is 1. The molecule has 1 aromatic heterocycles. The Kier molecular flexibility index (Phi) is 3.47. The second-order valence-electron chi connectivity index (χ2n) is 4.72. The lowest BCUT2D eigenvalue weighted by Crippen LogP contribution is -2.42. The zero-order chi connectivity index (χ0) is 11.6. The smallest absolute Gasteiger partial charge is 0.129 e. The average molecular weight is 241 g/mol. The van der Waals surface area contributed by atoms with E-state index < -0.39 is 5.60 Å². The molecule has 0 saturated carbocycles. The largest absolute Gasteiger partial charge is 0.390 e. The summed E-state index contributed by atoms with van der Waals surface area (Å²) in [6.07, 6.45) is 1.65. The van der Waals surface area contributed by atoms with Gasteiger partial charge in [0.1, 0.15) is 5.15 Å². The molecule has 1 aliphatic heterocycles. The molecule has 1 aromatic rings. The molecule has 1 N–H and O–H groups in total. The van der Waals surface area contributed by atoms with Crippen molar-refractivity contribution in [2.75, 3.05) is 13.1 Å². The molecule has 0 unspecified atom stereocenters. The van der Waals surface area contributed by atoms with Crippen molar-refractivity contribution < 1.29 is 5.11 Å². The predicted molar refractivity (Wildman–Crippen MR) is 64.4 cm³/mol. The third-order valence-corrected chi connectivity index (χ3v) is 3.30. The number of halogens is 1. The van der Waals surface area contributed by atoms with Gasteiger partial charge in [0.25, 0.3) is 0 Å². The van der Waals surface area contributed by atoms with Crippen LogP contribution >= 0.6 is 11.6 Å². The van der Waals surface area contributed by atoms with Crippen LogP contribution in [0.2, 0.25) is 5.15 Å². The lowest BCUT2D eigenvalue weighted by atomic mass is 9.94. The van der Waals surface area contributed by atoms with Gasteiger partial charge in [-0.25, -0.2) is 4.98 Å². The molecule has 16 heavy (non-hydrogen) atoms. The van der Waals surface area contributed by atoms with Crippen LogP contribution in [0.1, 0.15) is 25.5 Å². The summed E-state index contributed by atoms with van der Waals surface area (Å²) in [6, 6.07) is 5.69. The summed E-state index contributed by atoms with van der Waals surface area (Å²) in [5.74, 6) is 0. The van der Waals surface area contributed by atoms with Gasteiger partial charge in [0.05, 0.1) is 11.3 Å². The summed E-state index contributed by atoms with van der Waals surface area (Å²) >= 11 is 5.84. The zero-order valence-corrected chi connectivity index (χ0v) is 10.2. The van der Waals surface area contributed by atoms with Crippen molar-refractivity contribution in [3.05, 3.63) is 29.0 Å². The molecular formula is C12H17ClN2O. The van der Waals surface area contributed by atoms with Gasteiger partial charge in [-0.15, -0.1) is 0 Å². The van der Waals surface area contributed by atoms with Crippen molar-refractivity contribution >= 4 is 11.6 Å². The second-order valence-corrected chi connectivity index (χ2v) is 5.11. The molecule has 1 aliphatic rings. The monoisotopic (exact) mass is 240 g/mol. The number of aromatic nitrogens is 1. The Labute approximate surface area is 101 Å². The van der Waals surface area contributed by atoms with E-state index in [2.05, 4.69) is 9.88 Å². The van der Waals surface area contributed by atoms with E-state index in [9.17, 15) is 5.11 Å². The molecule has 1 saturated heterocycles. The summed E-state index contributed by atoms with van der Waals surface area (Å²) in [5.41, 5.74) is 0.507. The van der Waals surface area contributed by atoms with Gasteiger partial charge < -0.3 is 5.11 Å². The minimum Gasteiger partial charge on any atom is -0.390 e. The molecule has 2 heterocycles. The molecule has 4 heteroatoms. The molecule has 0 amide bonds. The fourth-order valence-corrected chi connectivity index (χ4v) is 2.14. The van der Waals surface area contributed by atoms with E-state index in [1.165, 1.54) is 0 Å². The molecule has 0 spiro atoms. The first-order valence-electron chi connectivity index (χ1n) is 5.61. The highest BCUT2D eigenvalue weighted by molar-refractivity contribution is 6.29. The van der Waals surface area contributed by atoms with Crippen molar-refractivity contribution in [3.63, 3.8) is 0 Å². The van der Waals surface area contributed by atoms with Gasteiger partial charge in [-0.2, -0.15) is 0 Å². The highest BCUT2D eigenvalue weighted by Crippen LogP contribution is 2.22. The lowest BCUT2D eigenvalue weighted by molar-refractivity contribution is -0.00757. The fourth-order valence-electron chi connectivity index (χ4n) is 1.96. The van der Waals surface area contributed by atoms with Crippen LogP contribution in [0.4, 0.5) is 0 Å². The van der Waals surface area contributed by atoms with Crippen LogP contribution in [0.15, 0.2) is 18.2 Å². The van der Waals surface area contributed by atoms with Gasteiger partial charge >= 0.3 is 0 Å². The third kappa shape index (κ3) is 3.17. The number of hydrogen-bond acceptors (Lipinski definition) is 3. The molecule has 3 nitrogen and oxygen atoms in total. The minimum atomic E-state index is -0.488. The van der Waals surface area contributed by atoms with Gasteiger partial charge in [0.15, 0.2) is 0 Å². The van der Waals surface area contributed by atoms with E-state index in [0.717, 1.165) is 38.2 Å². The quantitative estimate of drug-likeness (QED) is 0.805. The Morgan fingerprint density at radius 1 is 1.44 bits per heavy atom. The maximum Gasteiger partial charge on any atom is 0.129 e. The Hall–Kier alpha value is -0.640. The maximum absolute atomic E-state index is 9.84. The van der Waals surface area contributed by atoms with Gasteiger partial charge in [0, 0.05) is 19.6 Å². The van der Waals surface area contributed by atoms with E-state index in [-0.39, 0.29) is 0 Å². The molecule has 2 rings (SSSR count). The van der Waals surface area contributed by atoms with Crippen molar-refractivity contribution in [1.82, 2.24) is 9.88 Å². The number of nitrogens with zero attached hydrogens (tertiary/aromatic N) is 2. The molecule has 0 aliphatic carbocycles. The summed E-state index contributed by atoms with van der Waals surface area (Å²) in [5, 5.41) is 10.4. The number of rotatable bonds is 2. The maximum atomic E-state index is 9.84. The van der Waals surface area contributed by atoms with Crippen LogP contribution in [0.25, 0.3) is 0 Å². The van der Waals surface area contributed by atoms with Crippen LogP contribution in [-0.2, 0) is 6.54 Å². The molecular weight excluding hydrogens is 224 g/mol. The molecule has 0 bridgehead atoms.